The topological polar surface area (TPSA) is 186 Å². The smallest absolute Gasteiger partial charge is 0.350 e. The Bertz CT molecular complexity index is 915. The number of anilines is 1. The molecular formula is C19H29N5O6S. The molecule has 1 aliphatic rings. The van der Waals surface area contributed by atoms with Crippen LogP contribution in [0.2, 0.25) is 0 Å². The average Bonchev–Trinajstić information content (AvgIpc) is 3.00. The molecule has 2 rings (SSSR count). The van der Waals surface area contributed by atoms with Gasteiger partial charge in [-0.15, -0.1) is 0 Å². The van der Waals surface area contributed by atoms with Crippen LogP contribution in [0.25, 0.3) is 0 Å². The van der Waals surface area contributed by atoms with Gasteiger partial charge in [0.15, 0.2) is 5.76 Å². The molecule has 0 spiro atoms. The van der Waals surface area contributed by atoms with Gasteiger partial charge in [-0.3, -0.25) is 9.36 Å². The first-order valence-corrected chi connectivity index (χ1v) is 10.6. The molecule has 0 aromatic carbocycles. The van der Waals surface area contributed by atoms with E-state index in [-0.39, 0.29) is 34.9 Å². The van der Waals surface area contributed by atoms with E-state index in [9.17, 15) is 19.5 Å². The second kappa shape index (κ2) is 10.3. The summed E-state index contributed by atoms with van der Waals surface area (Å²) in [5.74, 6) is -1.85. The fourth-order valence-electron chi connectivity index (χ4n) is 2.57. The minimum absolute atomic E-state index is 0.0260. The maximum Gasteiger partial charge on any atom is 0.350 e. The molecule has 7 N–H and O–H groups in total. The van der Waals surface area contributed by atoms with Gasteiger partial charge in [0.25, 0.3) is 0 Å². The number of hydrogen-bond donors (Lipinski definition) is 4. The lowest BCUT2D eigenvalue weighted by Crippen LogP contribution is -2.38. The molecule has 172 valence electrons. The van der Waals surface area contributed by atoms with Crippen LogP contribution < -0.4 is 22.9 Å². The Morgan fingerprint density at radius 3 is 2.32 bits per heavy atom. The number of nitrogen functional groups attached to an aromatic ring is 1. The van der Waals surface area contributed by atoms with Crippen LogP contribution in [0.3, 0.4) is 0 Å². The monoisotopic (exact) mass is 455 g/mol. The molecule has 0 fully saturated rings. The van der Waals surface area contributed by atoms with Gasteiger partial charge >= 0.3 is 17.6 Å². The highest BCUT2D eigenvalue weighted by Crippen LogP contribution is 2.45. The van der Waals surface area contributed by atoms with E-state index < -0.39 is 41.2 Å². The van der Waals surface area contributed by atoms with Gasteiger partial charge in [-0.25, -0.2) is 9.59 Å². The van der Waals surface area contributed by atoms with Crippen molar-refractivity contribution < 1.29 is 24.2 Å². The lowest BCUT2D eigenvalue weighted by Gasteiger charge is -2.20. The molecule has 0 bridgehead atoms. The number of aliphatic hydroxyl groups is 1. The van der Waals surface area contributed by atoms with E-state index in [4.69, 9.17) is 26.7 Å². The van der Waals surface area contributed by atoms with E-state index in [0.717, 1.165) is 16.3 Å². The standard InChI is InChI=1S/C19H29N5O6S/c1-8(2)12(21)17(26)29-7-10-15(30-18(27)13(22)9(3)4)14(25)16(31-10)24-6-5-11(20)23-19(24)28/h5-6,8-9,12-14,16,25H,7,21-22H2,1-4H3,(H2,20,23,28)/t12-,13-,14?,16-/m1/s1. The van der Waals surface area contributed by atoms with Crippen LogP contribution in [0.4, 0.5) is 5.82 Å². The largest absolute Gasteiger partial charge is 0.459 e. The number of carbonyl (C=O) groups is 2. The summed E-state index contributed by atoms with van der Waals surface area (Å²) in [7, 11) is 0. The molecule has 1 aromatic rings. The van der Waals surface area contributed by atoms with Gasteiger partial charge in [-0.2, -0.15) is 4.98 Å². The molecule has 0 saturated heterocycles. The van der Waals surface area contributed by atoms with Crippen LogP contribution in [-0.2, 0) is 19.1 Å². The maximum absolute atomic E-state index is 12.4. The van der Waals surface area contributed by atoms with Crippen molar-refractivity contribution >= 4 is 29.5 Å². The van der Waals surface area contributed by atoms with Crippen molar-refractivity contribution in [3.05, 3.63) is 33.4 Å². The SMILES string of the molecule is CC(C)[C@@H](N)C(=O)OCC1=C(OC(=O)[C@H](N)C(C)C)C(O)[C@H](n2ccc(N)nc2=O)S1. The molecular weight excluding hydrogens is 426 g/mol. The minimum Gasteiger partial charge on any atom is -0.459 e. The highest BCUT2D eigenvalue weighted by Gasteiger charge is 2.40. The first-order chi connectivity index (χ1) is 14.4. The third kappa shape index (κ3) is 5.85. The van der Waals surface area contributed by atoms with Gasteiger partial charge in [0.05, 0.1) is 4.91 Å². The van der Waals surface area contributed by atoms with Gasteiger partial charge in [-0.1, -0.05) is 39.5 Å². The van der Waals surface area contributed by atoms with E-state index in [1.165, 1.54) is 12.3 Å². The van der Waals surface area contributed by atoms with Gasteiger partial charge in [-0.05, 0) is 17.9 Å². The summed E-state index contributed by atoms with van der Waals surface area (Å²) in [6.07, 6.45) is -0.0296. The number of ether oxygens (including phenoxy) is 2. The van der Waals surface area contributed by atoms with E-state index in [0.29, 0.717) is 0 Å². The zero-order chi connectivity index (χ0) is 23.5. The van der Waals surface area contributed by atoms with Crippen LogP contribution in [0.1, 0.15) is 33.1 Å². The van der Waals surface area contributed by atoms with Gasteiger partial charge in [0.1, 0.15) is 36.0 Å². The molecule has 2 heterocycles. The van der Waals surface area contributed by atoms with Crippen LogP contribution in [-0.4, -0.2) is 51.4 Å². The van der Waals surface area contributed by atoms with Crippen LogP contribution >= 0.6 is 11.8 Å². The lowest BCUT2D eigenvalue weighted by atomic mass is 10.1. The van der Waals surface area contributed by atoms with Crippen LogP contribution in [0.15, 0.2) is 27.7 Å². The summed E-state index contributed by atoms with van der Waals surface area (Å²) in [4.78, 5) is 40.7. The number of hydrogen-bond acceptors (Lipinski definition) is 11. The Kier molecular flexibility index (Phi) is 8.23. The molecule has 1 unspecified atom stereocenters. The molecule has 1 aromatic heterocycles. The van der Waals surface area contributed by atoms with Gasteiger partial charge in [0, 0.05) is 6.20 Å². The molecule has 12 heteroatoms. The number of rotatable bonds is 8. The summed E-state index contributed by atoms with van der Waals surface area (Å²) in [6, 6.07) is -0.367. The highest BCUT2D eigenvalue weighted by atomic mass is 32.2. The quantitative estimate of drug-likeness (QED) is 0.377. The zero-order valence-corrected chi connectivity index (χ0v) is 18.7. The molecule has 0 radical (unpaired) electrons. The van der Waals surface area contributed by atoms with E-state index >= 15 is 0 Å². The first-order valence-electron chi connectivity index (χ1n) is 9.75. The summed E-state index contributed by atoms with van der Waals surface area (Å²) in [5, 5.41) is 9.91. The Labute approximate surface area is 184 Å². The average molecular weight is 456 g/mol. The molecule has 31 heavy (non-hydrogen) atoms. The van der Waals surface area contributed by atoms with Crippen LogP contribution in [0, 0.1) is 11.8 Å². The molecule has 4 atom stereocenters. The normalized spacial score (nSPS) is 20.8. The molecule has 0 amide bonds. The minimum atomic E-state index is -1.40. The second-order valence-corrected chi connectivity index (χ2v) is 9.06. The van der Waals surface area contributed by atoms with Crippen LogP contribution in [0.5, 0.6) is 0 Å². The third-order valence-corrected chi connectivity index (χ3v) is 6.07. The first kappa shape index (κ1) is 24.9. The molecule has 0 saturated carbocycles. The van der Waals surface area contributed by atoms with Crippen molar-refractivity contribution in [2.24, 2.45) is 23.3 Å². The number of carbonyl (C=O) groups excluding carboxylic acids is 2. The number of aliphatic hydroxyl groups excluding tert-OH is 1. The summed E-state index contributed by atoms with van der Waals surface area (Å²) in [5.41, 5.74) is 16.5. The highest BCUT2D eigenvalue weighted by molar-refractivity contribution is 8.03. The predicted molar refractivity (Wildman–Crippen MR) is 115 cm³/mol. The van der Waals surface area contributed by atoms with E-state index in [1.807, 2.05) is 0 Å². The number of esters is 2. The number of aromatic nitrogens is 2. The van der Waals surface area contributed by atoms with Gasteiger partial charge in [0.2, 0.25) is 0 Å². The van der Waals surface area contributed by atoms with Gasteiger partial charge < -0.3 is 31.8 Å². The van der Waals surface area contributed by atoms with Crippen molar-refractivity contribution in [3.8, 4) is 0 Å². The Morgan fingerprint density at radius 2 is 1.77 bits per heavy atom. The van der Waals surface area contributed by atoms with Crippen molar-refractivity contribution in [1.29, 1.82) is 0 Å². The molecule has 1 aliphatic heterocycles. The van der Waals surface area contributed by atoms with E-state index in [2.05, 4.69) is 4.98 Å². The third-order valence-electron chi connectivity index (χ3n) is 4.74. The zero-order valence-electron chi connectivity index (χ0n) is 17.8. The molecule has 11 nitrogen and oxygen atoms in total. The number of thioether (sulfide) groups is 1. The maximum atomic E-state index is 12.4. The summed E-state index contributed by atoms with van der Waals surface area (Å²) < 4.78 is 11.8. The fraction of sp³-hybridized carbons (Fsp3) is 0.579. The summed E-state index contributed by atoms with van der Waals surface area (Å²) >= 11 is 1.000. The fourth-order valence-corrected chi connectivity index (χ4v) is 3.79. The lowest BCUT2D eigenvalue weighted by molar-refractivity contribution is -0.145. The Balaban J connectivity index is 2.30. The Hall–Kier alpha value is -2.41. The van der Waals surface area contributed by atoms with Crippen molar-refractivity contribution in [2.45, 2.75) is 51.3 Å². The number of nitrogens with two attached hydrogens (primary N) is 3. The summed E-state index contributed by atoms with van der Waals surface area (Å²) in [6.45, 7) is 6.75. The molecule has 0 aliphatic carbocycles. The van der Waals surface area contributed by atoms with Crippen molar-refractivity contribution in [1.82, 2.24) is 9.55 Å². The number of nitrogens with zero attached hydrogens (tertiary/aromatic N) is 2. The van der Waals surface area contributed by atoms with Crippen molar-refractivity contribution in [2.75, 3.05) is 12.3 Å². The second-order valence-electron chi connectivity index (χ2n) is 7.85. The predicted octanol–water partition coefficient (Wildman–Crippen LogP) is -0.304. The Morgan fingerprint density at radius 1 is 1.19 bits per heavy atom. The van der Waals surface area contributed by atoms with Crippen molar-refractivity contribution in [3.63, 3.8) is 0 Å². The van der Waals surface area contributed by atoms with E-state index in [1.54, 1.807) is 27.7 Å².